The van der Waals surface area contributed by atoms with Crippen LogP contribution in [0.5, 0.6) is 17.2 Å². The van der Waals surface area contributed by atoms with Crippen LogP contribution in [-0.4, -0.2) is 44.9 Å². The topological polar surface area (TPSA) is 27.7 Å². The number of rotatable bonds is 5. The Kier molecular flexibility index (Phi) is 5.49. The second kappa shape index (κ2) is 7.02. The molecule has 0 aromatic heterocycles. The average molecular weight is 382 g/mol. The molecule has 2 aliphatic rings. The Morgan fingerprint density at radius 2 is 1.74 bits per heavy atom. The molecule has 2 bridgehead atoms. The van der Waals surface area contributed by atoms with E-state index in [1.165, 1.54) is 18.4 Å². The van der Waals surface area contributed by atoms with Crippen molar-refractivity contribution in [1.29, 1.82) is 0 Å². The van der Waals surface area contributed by atoms with Crippen LogP contribution in [0.1, 0.15) is 24.8 Å². The highest BCUT2D eigenvalue weighted by Gasteiger charge is 2.46. The molecule has 126 valence electrons. The van der Waals surface area contributed by atoms with Crippen molar-refractivity contribution in [2.75, 3.05) is 28.4 Å². The average Bonchev–Trinajstić information content (AvgIpc) is 2.73. The first-order chi connectivity index (χ1) is 10.6. The third-order valence-corrected chi connectivity index (χ3v) is 5.17. The number of fused-ring (bicyclic) bond motifs is 2. The number of nitrogens with zero attached hydrogens (tertiary/aromatic N) is 1. The van der Waals surface area contributed by atoms with Gasteiger partial charge in [-0.25, -0.2) is 0 Å². The van der Waals surface area contributed by atoms with Gasteiger partial charge in [0, 0.05) is 18.4 Å². The standard InChI is InChI=1S/C18H24NO3.BrH/c1-19(14-6-5-7-15(19)9-8-14)12-13-10-16(20-2)18(22-4)17(11-13)21-3;/h10-11,14-15H,6,8-9,12H2,1-4H3;1H/q+1;/p-1/t14-,15+,19?;/m1./s1. The molecule has 0 amide bonds. The summed E-state index contributed by atoms with van der Waals surface area (Å²) >= 11 is 0. The predicted octanol–water partition coefficient (Wildman–Crippen LogP) is -0.399. The summed E-state index contributed by atoms with van der Waals surface area (Å²) < 4.78 is 17.4. The van der Waals surface area contributed by atoms with E-state index in [-0.39, 0.29) is 17.0 Å². The van der Waals surface area contributed by atoms with Gasteiger partial charge in [-0.15, -0.1) is 0 Å². The van der Waals surface area contributed by atoms with Crippen LogP contribution in [0.15, 0.2) is 12.1 Å². The van der Waals surface area contributed by atoms with Crippen molar-refractivity contribution in [3.63, 3.8) is 0 Å². The van der Waals surface area contributed by atoms with Crippen LogP contribution in [0.4, 0.5) is 0 Å². The van der Waals surface area contributed by atoms with Gasteiger partial charge >= 0.3 is 0 Å². The molecule has 0 saturated carbocycles. The molecule has 1 unspecified atom stereocenters. The lowest BCUT2D eigenvalue weighted by molar-refractivity contribution is -0.949. The number of benzene rings is 1. The van der Waals surface area contributed by atoms with E-state index in [4.69, 9.17) is 14.2 Å². The Morgan fingerprint density at radius 3 is 2.26 bits per heavy atom. The molecule has 0 N–H and O–H groups in total. The lowest BCUT2D eigenvalue weighted by Gasteiger charge is -2.40. The molecule has 2 heterocycles. The Morgan fingerprint density at radius 1 is 1.09 bits per heavy atom. The molecular weight excluding hydrogens is 358 g/mol. The van der Waals surface area contributed by atoms with Crippen LogP contribution in [0.3, 0.4) is 0 Å². The van der Waals surface area contributed by atoms with Gasteiger partial charge in [0.05, 0.1) is 34.8 Å². The molecular formula is C18H24BrNO3. The molecule has 1 fully saturated rings. The van der Waals surface area contributed by atoms with Crippen molar-refractivity contribution < 1.29 is 35.7 Å². The number of hydrogen-bond acceptors (Lipinski definition) is 3. The summed E-state index contributed by atoms with van der Waals surface area (Å²) in [5.41, 5.74) is 1.21. The van der Waals surface area contributed by atoms with Crippen molar-refractivity contribution in [2.24, 2.45) is 0 Å². The molecule has 3 rings (SSSR count). The minimum atomic E-state index is 0. The van der Waals surface area contributed by atoms with E-state index in [1.54, 1.807) is 21.3 Å². The minimum Gasteiger partial charge on any atom is -1.00 e. The highest BCUT2D eigenvalue weighted by atomic mass is 79.9. The molecule has 3 atom stereocenters. The zero-order valence-corrected chi connectivity index (χ0v) is 15.8. The number of ether oxygens (including phenoxy) is 3. The lowest BCUT2D eigenvalue weighted by Crippen LogP contribution is -3.00. The normalized spacial score (nSPS) is 27.5. The van der Waals surface area contributed by atoms with Crippen molar-refractivity contribution in [1.82, 2.24) is 0 Å². The largest absolute Gasteiger partial charge is 1.00 e. The van der Waals surface area contributed by atoms with Crippen LogP contribution in [0.2, 0.25) is 0 Å². The lowest BCUT2D eigenvalue weighted by atomic mass is 10.0. The van der Waals surface area contributed by atoms with Gasteiger partial charge in [-0.2, -0.15) is 0 Å². The molecule has 0 radical (unpaired) electrons. The summed E-state index contributed by atoms with van der Waals surface area (Å²) in [6, 6.07) is 5.22. The smallest absolute Gasteiger partial charge is 0.203 e. The molecule has 1 saturated heterocycles. The van der Waals surface area contributed by atoms with Crippen LogP contribution < -0.4 is 31.2 Å². The summed E-state index contributed by atoms with van der Waals surface area (Å²) in [4.78, 5) is 0. The maximum absolute atomic E-state index is 5.47. The van der Waals surface area contributed by atoms with Crippen LogP contribution >= 0.6 is 0 Å². The Hall–Kier alpha value is -1.38. The summed E-state index contributed by atoms with van der Waals surface area (Å²) in [7, 11) is 7.29. The second-order valence-electron chi connectivity index (χ2n) is 6.31. The number of halogens is 1. The highest BCUT2D eigenvalue weighted by molar-refractivity contribution is 5.53. The van der Waals surface area contributed by atoms with Gasteiger partial charge < -0.3 is 35.7 Å². The van der Waals surface area contributed by atoms with Gasteiger partial charge in [-0.3, -0.25) is 0 Å². The molecule has 0 spiro atoms. The minimum absolute atomic E-state index is 0. The predicted molar refractivity (Wildman–Crippen MR) is 85.2 cm³/mol. The quantitative estimate of drug-likeness (QED) is 0.513. The van der Waals surface area contributed by atoms with E-state index >= 15 is 0 Å². The van der Waals surface area contributed by atoms with E-state index < -0.39 is 0 Å². The number of hydrogen-bond donors (Lipinski definition) is 0. The zero-order valence-electron chi connectivity index (χ0n) is 14.2. The summed E-state index contributed by atoms with van der Waals surface area (Å²) in [5, 5.41) is 0. The summed E-state index contributed by atoms with van der Waals surface area (Å²) in [6.45, 7) is 0.945. The maximum Gasteiger partial charge on any atom is 0.203 e. The van der Waals surface area contributed by atoms with E-state index in [2.05, 4.69) is 31.0 Å². The third-order valence-electron chi connectivity index (χ3n) is 5.17. The molecule has 5 heteroatoms. The molecule has 0 aliphatic carbocycles. The number of quaternary nitrogens is 1. The third kappa shape index (κ3) is 3.02. The van der Waals surface area contributed by atoms with Gasteiger partial charge in [-0.05, 0) is 18.1 Å². The molecule has 2 aliphatic heterocycles. The Bertz CT molecular complexity index is 612. The first-order valence-corrected chi connectivity index (χ1v) is 7.74. The fraction of sp³-hybridized carbons (Fsp3) is 0.556. The van der Waals surface area contributed by atoms with Gasteiger partial charge in [0.15, 0.2) is 17.5 Å². The SMILES string of the molecule is COc1cc(C[N+]2(C)[C@@H]3CC#C[C@H]2CC3)cc(OC)c1OC.[Br-]. The molecule has 23 heavy (non-hydrogen) atoms. The molecule has 1 aromatic rings. The van der Waals surface area contributed by atoms with Crippen molar-refractivity contribution in [3.05, 3.63) is 17.7 Å². The zero-order chi connectivity index (χ0) is 15.7. The highest BCUT2D eigenvalue weighted by Crippen LogP contribution is 2.41. The second-order valence-corrected chi connectivity index (χ2v) is 6.31. The Labute approximate surface area is 149 Å². The van der Waals surface area contributed by atoms with Crippen molar-refractivity contribution in [2.45, 2.75) is 37.9 Å². The van der Waals surface area contributed by atoms with Crippen molar-refractivity contribution >= 4 is 0 Å². The van der Waals surface area contributed by atoms with Gasteiger partial charge in [0.2, 0.25) is 5.75 Å². The fourth-order valence-electron chi connectivity index (χ4n) is 3.88. The van der Waals surface area contributed by atoms with Crippen LogP contribution in [0, 0.1) is 11.8 Å². The first kappa shape index (κ1) is 18.0. The van der Waals surface area contributed by atoms with E-state index in [1.807, 2.05) is 0 Å². The van der Waals surface area contributed by atoms with Crippen LogP contribution in [-0.2, 0) is 6.54 Å². The van der Waals surface area contributed by atoms with Gasteiger partial charge in [0.1, 0.15) is 12.6 Å². The fourth-order valence-corrected chi connectivity index (χ4v) is 3.88. The van der Waals surface area contributed by atoms with E-state index in [0.717, 1.165) is 28.9 Å². The molecule has 1 aromatic carbocycles. The first-order valence-electron chi connectivity index (χ1n) is 7.74. The monoisotopic (exact) mass is 381 g/mol. The molecule has 4 nitrogen and oxygen atoms in total. The maximum atomic E-state index is 5.47. The van der Waals surface area contributed by atoms with Gasteiger partial charge in [0.25, 0.3) is 0 Å². The Balaban J connectivity index is 0.00000192. The van der Waals surface area contributed by atoms with E-state index in [0.29, 0.717) is 17.8 Å². The number of methoxy groups -OCH3 is 3. The van der Waals surface area contributed by atoms with Crippen LogP contribution in [0.25, 0.3) is 0 Å². The van der Waals surface area contributed by atoms with Gasteiger partial charge in [-0.1, -0.05) is 5.92 Å². The summed E-state index contributed by atoms with van der Waals surface area (Å²) in [6.07, 6.45) is 3.47. The summed E-state index contributed by atoms with van der Waals surface area (Å²) in [5.74, 6) is 8.85. The van der Waals surface area contributed by atoms with E-state index in [9.17, 15) is 0 Å². The van der Waals surface area contributed by atoms with Crippen molar-refractivity contribution in [3.8, 4) is 29.1 Å².